The molecule has 3 unspecified atom stereocenters. The van der Waals surface area contributed by atoms with Crippen molar-refractivity contribution in [1.82, 2.24) is 9.88 Å². The van der Waals surface area contributed by atoms with Crippen LogP contribution in [0.2, 0.25) is 0 Å². The van der Waals surface area contributed by atoms with Gasteiger partial charge in [0.05, 0.1) is 11.0 Å². The highest BCUT2D eigenvalue weighted by atomic mass is 16.6. The van der Waals surface area contributed by atoms with Crippen molar-refractivity contribution in [2.24, 2.45) is 10.8 Å². The van der Waals surface area contributed by atoms with Crippen molar-refractivity contribution in [2.45, 2.75) is 52.2 Å². The Labute approximate surface area is 146 Å². The van der Waals surface area contributed by atoms with Crippen LogP contribution in [0.3, 0.4) is 0 Å². The van der Waals surface area contributed by atoms with E-state index in [-0.39, 0.29) is 22.3 Å². The predicted molar refractivity (Wildman–Crippen MR) is 94.8 cm³/mol. The number of rotatable bonds is 2. The van der Waals surface area contributed by atoms with E-state index in [9.17, 15) is 14.9 Å². The summed E-state index contributed by atoms with van der Waals surface area (Å²) >= 11 is 0. The second-order valence-electron chi connectivity index (χ2n) is 8.68. The third kappa shape index (κ3) is 2.34. The number of fused-ring (bicyclic) bond motifs is 3. The summed E-state index contributed by atoms with van der Waals surface area (Å²) in [4.78, 5) is 29.7. The molecule has 1 aromatic carbocycles. The van der Waals surface area contributed by atoms with Gasteiger partial charge in [-0.25, -0.2) is 0 Å². The molecule has 0 radical (unpaired) electrons. The molecule has 2 bridgehead atoms. The van der Waals surface area contributed by atoms with Crippen LogP contribution >= 0.6 is 0 Å². The second-order valence-corrected chi connectivity index (χ2v) is 8.68. The van der Waals surface area contributed by atoms with E-state index in [1.54, 1.807) is 11.1 Å². The molecule has 6 nitrogen and oxygen atoms in total. The van der Waals surface area contributed by atoms with Gasteiger partial charge in [-0.15, -0.1) is 0 Å². The first kappa shape index (κ1) is 16.1. The zero-order chi connectivity index (χ0) is 18.0. The quantitative estimate of drug-likeness (QED) is 0.666. The van der Waals surface area contributed by atoms with Gasteiger partial charge in [0.2, 0.25) is 0 Å². The van der Waals surface area contributed by atoms with Crippen LogP contribution in [0.4, 0.5) is 0 Å². The summed E-state index contributed by atoms with van der Waals surface area (Å²) in [7, 11) is 0. The number of hydrogen-bond acceptors (Lipinski definition) is 3. The SMILES string of the molecule is CC1(C)CC2CC(C)(C1)C([N+](=O)[O-])N2C(=O)c1c[nH]c2ccccc12. The van der Waals surface area contributed by atoms with Gasteiger partial charge in [-0.05, 0) is 30.7 Å². The Morgan fingerprint density at radius 2 is 2.00 bits per heavy atom. The molecule has 2 heterocycles. The highest BCUT2D eigenvalue weighted by Crippen LogP contribution is 2.56. The van der Waals surface area contributed by atoms with E-state index < -0.39 is 11.6 Å². The molecule has 4 rings (SSSR count). The van der Waals surface area contributed by atoms with Crippen LogP contribution in [0.15, 0.2) is 30.5 Å². The van der Waals surface area contributed by atoms with Gasteiger partial charge in [0.25, 0.3) is 12.1 Å². The summed E-state index contributed by atoms with van der Waals surface area (Å²) < 4.78 is 0. The number of para-hydroxylation sites is 1. The second kappa shape index (κ2) is 5.07. The van der Waals surface area contributed by atoms with Gasteiger partial charge in [0, 0.05) is 28.1 Å². The molecule has 2 fully saturated rings. The van der Waals surface area contributed by atoms with Gasteiger partial charge in [-0.3, -0.25) is 19.8 Å². The van der Waals surface area contributed by atoms with Crippen molar-refractivity contribution < 1.29 is 9.72 Å². The summed E-state index contributed by atoms with van der Waals surface area (Å²) in [6.07, 6.45) is 3.00. The smallest absolute Gasteiger partial charge is 0.295 e. The van der Waals surface area contributed by atoms with E-state index in [4.69, 9.17) is 0 Å². The number of carbonyl (C=O) groups excluding carboxylic acids is 1. The number of H-pyrrole nitrogens is 1. The first-order valence-electron chi connectivity index (χ1n) is 8.74. The third-order valence-corrected chi connectivity index (χ3v) is 5.91. The third-order valence-electron chi connectivity index (χ3n) is 5.91. The number of nitrogens with one attached hydrogen (secondary N) is 1. The van der Waals surface area contributed by atoms with Gasteiger partial charge < -0.3 is 4.98 Å². The van der Waals surface area contributed by atoms with Crippen molar-refractivity contribution in [1.29, 1.82) is 0 Å². The highest BCUT2D eigenvalue weighted by Gasteiger charge is 2.63. The molecular formula is C19H23N3O3. The topological polar surface area (TPSA) is 79.2 Å². The number of amides is 1. The van der Waals surface area contributed by atoms with E-state index in [1.807, 2.05) is 31.2 Å². The van der Waals surface area contributed by atoms with Gasteiger partial charge in [0.1, 0.15) is 0 Å². The van der Waals surface area contributed by atoms with E-state index in [0.717, 1.165) is 23.7 Å². The lowest BCUT2D eigenvalue weighted by Crippen LogP contribution is -2.47. The zero-order valence-electron chi connectivity index (χ0n) is 14.8. The molecule has 0 spiro atoms. The zero-order valence-corrected chi connectivity index (χ0v) is 14.8. The Kier molecular flexibility index (Phi) is 3.27. The standard InChI is InChI=1S/C19H23N3O3/c1-18(2)8-12-9-19(3,11-18)17(22(24)25)21(12)16(23)14-10-20-15-7-5-4-6-13(14)15/h4-7,10,12,17,20H,8-9,11H2,1-3H3. The summed E-state index contributed by atoms with van der Waals surface area (Å²) in [6.45, 7) is 6.26. The Morgan fingerprint density at radius 1 is 1.28 bits per heavy atom. The van der Waals surface area contributed by atoms with Crippen LogP contribution in [0.5, 0.6) is 0 Å². The van der Waals surface area contributed by atoms with E-state index in [0.29, 0.717) is 12.0 Å². The molecule has 2 aliphatic rings. The molecule has 1 amide bonds. The van der Waals surface area contributed by atoms with Crippen molar-refractivity contribution in [3.8, 4) is 0 Å². The summed E-state index contributed by atoms with van der Waals surface area (Å²) in [5.74, 6) is -0.231. The molecule has 6 heteroatoms. The van der Waals surface area contributed by atoms with Crippen LogP contribution in [0.25, 0.3) is 10.9 Å². The Morgan fingerprint density at radius 3 is 2.72 bits per heavy atom. The van der Waals surface area contributed by atoms with Crippen LogP contribution in [0, 0.1) is 20.9 Å². The summed E-state index contributed by atoms with van der Waals surface area (Å²) in [5.41, 5.74) is 0.924. The van der Waals surface area contributed by atoms with E-state index in [2.05, 4.69) is 18.8 Å². The molecule has 132 valence electrons. The molecule has 25 heavy (non-hydrogen) atoms. The van der Waals surface area contributed by atoms with Crippen molar-refractivity contribution >= 4 is 16.8 Å². The number of carbonyl (C=O) groups is 1. The van der Waals surface area contributed by atoms with Gasteiger partial charge in [-0.2, -0.15) is 0 Å². The average Bonchev–Trinajstić information content (AvgIpc) is 3.01. The fraction of sp³-hybridized carbons (Fsp3) is 0.526. The van der Waals surface area contributed by atoms with Gasteiger partial charge >= 0.3 is 0 Å². The average molecular weight is 341 g/mol. The number of aromatic nitrogens is 1. The minimum Gasteiger partial charge on any atom is -0.360 e. The summed E-state index contributed by atoms with van der Waals surface area (Å²) in [6, 6.07) is 7.49. The molecule has 3 atom stereocenters. The summed E-state index contributed by atoms with van der Waals surface area (Å²) in [5, 5.41) is 12.7. The van der Waals surface area contributed by atoms with Crippen LogP contribution in [0.1, 0.15) is 50.4 Å². The van der Waals surface area contributed by atoms with E-state index >= 15 is 0 Å². The van der Waals surface area contributed by atoms with Crippen molar-refractivity contribution in [2.75, 3.05) is 0 Å². The fourth-order valence-electron chi connectivity index (χ4n) is 5.44. The van der Waals surface area contributed by atoms with Crippen molar-refractivity contribution in [3.05, 3.63) is 46.1 Å². The Hall–Kier alpha value is -2.37. The maximum Gasteiger partial charge on any atom is 0.295 e. The molecule has 1 saturated heterocycles. The number of benzene rings is 1. The lowest BCUT2D eigenvalue weighted by atomic mass is 9.64. The largest absolute Gasteiger partial charge is 0.360 e. The predicted octanol–water partition coefficient (Wildman–Crippen LogP) is 3.81. The normalized spacial score (nSPS) is 30.6. The first-order chi connectivity index (χ1) is 11.7. The monoisotopic (exact) mass is 341 g/mol. The van der Waals surface area contributed by atoms with Crippen LogP contribution < -0.4 is 0 Å². The molecule has 2 aromatic rings. The maximum absolute atomic E-state index is 13.3. The lowest BCUT2D eigenvalue weighted by Gasteiger charge is -2.38. The molecule has 1 N–H and O–H groups in total. The number of nitro groups is 1. The lowest BCUT2D eigenvalue weighted by molar-refractivity contribution is -0.558. The van der Waals surface area contributed by atoms with Crippen LogP contribution in [-0.2, 0) is 0 Å². The number of likely N-dealkylation sites (tertiary alicyclic amines) is 1. The Bertz CT molecular complexity index is 872. The first-order valence-corrected chi connectivity index (χ1v) is 8.74. The minimum absolute atomic E-state index is 0.00116. The van der Waals surface area contributed by atoms with Crippen molar-refractivity contribution in [3.63, 3.8) is 0 Å². The van der Waals surface area contributed by atoms with Gasteiger partial charge in [0.15, 0.2) is 0 Å². The molecule has 1 aromatic heterocycles. The molecule has 1 aliphatic heterocycles. The maximum atomic E-state index is 13.3. The van der Waals surface area contributed by atoms with Gasteiger partial charge in [-0.1, -0.05) is 39.0 Å². The molecule has 1 saturated carbocycles. The van der Waals surface area contributed by atoms with E-state index in [1.165, 1.54) is 0 Å². The number of aromatic amines is 1. The molecule has 1 aliphatic carbocycles. The number of hydrogen-bond donors (Lipinski definition) is 1. The molecular weight excluding hydrogens is 318 g/mol. The Balaban J connectivity index is 1.80. The number of nitrogens with zero attached hydrogens (tertiary/aromatic N) is 2. The fourth-order valence-corrected chi connectivity index (χ4v) is 5.44. The van der Waals surface area contributed by atoms with Crippen LogP contribution in [-0.4, -0.2) is 32.9 Å². The highest BCUT2D eigenvalue weighted by molar-refractivity contribution is 6.07. The minimum atomic E-state index is -0.958.